The molecule has 1 aromatic rings. The molecule has 0 radical (unpaired) electrons. The molecule has 5 nitrogen and oxygen atoms in total. The second kappa shape index (κ2) is 6.58. The smallest absolute Gasteiger partial charge is 0.338 e. The molecule has 1 fully saturated rings. The van der Waals surface area contributed by atoms with Gasteiger partial charge in [-0.25, -0.2) is 9.79 Å². The fourth-order valence-electron chi connectivity index (χ4n) is 2.82. The van der Waals surface area contributed by atoms with Crippen molar-refractivity contribution >= 4 is 28.8 Å². The predicted molar refractivity (Wildman–Crippen MR) is 89.9 cm³/mol. The molecule has 1 atom stereocenters. The lowest BCUT2D eigenvalue weighted by Gasteiger charge is -2.38. The van der Waals surface area contributed by atoms with E-state index in [0.29, 0.717) is 22.9 Å². The Balaban J connectivity index is 2.14. The number of allylic oxidation sites excluding steroid dienone is 1. The molecule has 23 heavy (non-hydrogen) atoms. The van der Waals surface area contributed by atoms with Crippen molar-refractivity contribution < 1.29 is 14.3 Å². The van der Waals surface area contributed by atoms with Crippen LogP contribution in [0.15, 0.2) is 46.6 Å². The summed E-state index contributed by atoms with van der Waals surface area (Å²) >= 11 is 1.55. The van der Waals surface area contributed by atoms with Gasteiger partial charge in [-0.15, -0.1) is 0 Å². The number of fused-ring (bicyclic) bond motifs is 1. The van der Waals surface area contributed by atoms with E-state index in [9.17, 15) is 9.59 Å². The van der Waals surface area contributed by atoms with Crippen LogP contribution in [0.5, 0.6) is 0 Å². The molecule has 120 valence electrons. The van der Waals surface area contributed by atoms with Crippen molar-refractivity contribution in [1.29, 1.82) is 0 Å². The van der Waals surface area contributed by atoms with Crippen LogP contribution < -0.4 is 0 Å². The van der Waals surface area contributed by atoms with Gasteiger partial charge in [-0.05, 0) is 19.4 Å². The van der Waals surface area contributed by atoms with Gasteiger partial charge in [0.2, 0.25) is 5.91 Å². The number of rotatable bonds is 3. The SMILES string of the molecule is CCOC(=O)C1=C(C)N=C2SCCC(=O)N2[C@@H]1c1ccccc1. The monoisotopic (exact) mass is 330 g/mol. The highest BCUT2D eigenvalue weighted by atomic mass is 32.2. The van der Waals surface area contributed by atoms with Crippen LogP contribution >= 0.6 is 11.8 Å². The Morgan fingerprint density at radius 3 is 2.83 bits per heavy atom. The Morgan fingerprint density at radius 1 is 1.39 bits per heavy atom. The molecule has 0 saturated carbocycles. The predicted octanol–water partition coefficient (Wildman–Crippen LogP) is 2.90. The molecule has 0 unspecified atom stereocenters. The lowest BCUT2D eigenvalue weighted by Crippen LogP contribution is -2.45. The quantitative estimate of drug-likeness (QED) is 0.800. The minimum atomic E-state index is -0.469. The summed E-state index contributed by atoms with van der Waals surface area (Å²) in [5.41, 5.74) is 1.95. The summed E-state index contributed by atoms with van der Waals surface area (Å²) in [5, 5.41) is 0.667. The van der Waals surface area contributed by atoms with E-state index in [1.807, 2.05) is 30.3 Å². The first-order valence-corrected chi connectivity index (χ1v) is 8.58. The normalized spacial score (nSPS) is 21.0. The van der Waals surface area contributed by atoms with Gasteiger partial charge in [0.15, 0.2) is 5.17 Å². The number of benzene rings is 1. The first-order chi connectivity index (χ1) is 11.1. The zero-order valence-electron chi connectivity index (χ0n) is 13.1. The maximum absolute atomic E-state index is 12.5. The van der Waals surface area contributed by atoms with E-state index >= 15 is 0 Å². The number of amidine groups is 1. The van der Waals surface area contributed by atoms with E-state index in [-0.39, 0.29) is 12.5 Å². The van der Waals surface area contributed by atoms with Crippen molar-refractivity contribution in [3.05, 3.63) is 47.2 Å². The number of esters is 1. The highest BCUT2D eigenvalue weighted by molar-refractivity contribution is 8.14. The third kappa shape index (κ3) is 2.91. The van der Waals surface area contributed by atoms with Crippen molar-refractivity contribution in [1.82, 2.24) is 4.90 Å². The molecule has 0 aromatic heterocycles. The van der Waals surface area contributed by atoms with Gasteiger partial charge >= 0.3 is 5.97 Å². The lowest BCUT2D eigenvalue weighted by atomic mass is 9.94. The van der Waals surface area contributed by atoms with Gasteiger partial charge in [0.05, 0.1) is 23.9 Å². The van der Waals surface area contributed by atoms with Crippen LogP contribution in [0.25, 0.3) is 0 Å². The number of aliphatic imine (C=N–C) groups is 1. The molecule has 2 heterocycles. The van der Waals surface area contributed by atoms with Crippen LogP contribution in [-0.4, -0.2) is 34.3 Å². The number of ether oxygens (including phenoxy) is 1. The summed E-state index contributed by atoms with van der Waals surface area (Å²) in [5.74, 6) is 0.299. The summed E-state index contributed by atoms with van der Waals surface area (Å²) in [6.07, 6.45) is 0.447. The Kier molecular flexibility index (Phi) is 4.52. The minimum Gasteiger partial charge on any atom is -0.463 e. The summed E-state index contributed by atoms with van der Waals surface area (Å²) in [6.45, 7) is 3.85. The van der Waals surface area contributed by atoms with Crippen molar-refractivity contribution in [2.75, 3.05) is 12.4 Å². The molecule has 0 spiro atoms. The number of carbonyl (C=O) groups excluding carboxylic acids is 2. The molecule has 3 rings (SSSR count). The lowest BCUT2D eigenvalue weighted by molar-refractivity contribution is -0.139. The van der Waals surface area contributed by atoms with Gasteiger partial charge in [-0.3, -0.25) is 9.69 Å². The average Bonchev–Trinajstić information content (AvgIpc) is 2.54. The van der Waals surface area contributed by atoms with E-state index < -0.39 is 12.0 Å². The molecular formula is C17H18N2O3S. The van der Waals surface area contributed by atoms with Crippen molar-refractivity contribution in [3.63, 3.8) is 0 Å². The van der Waals surface area contributed by atoms with Crippen LogP contribution in [0.3, 0.4) is 0 Å². The summed E-state index contributed by atoms with van der Waals surface area (Å²) in [6, 6.07) is 9.09. The summed E-state index contributed by atoms with van der Waals surface area (Å²) in [7, 11) is 0. The number of amides is 1. The highest BCUT2D eigenvalue weighted by Crippen LogP contribution is 2.40. The van der Waals surface area contributed by atoms with Gasteiger partial charge in [0.25, 0.3) is 0 Å². The van der Waals surface area contributed by atoms with Crippen LogP contribution in [0.1, 0.15) is 31.9 Å². The van der Waals surface area contributed by atoms with Crippen LogP contribution in [0.2, 0.25) is 0 Å². The molecular weight excluding hydrogens is 312 g/mol. The van der Waals surface area contributed by atoms with Gasteiger partial charge < -0.3 is 4.74 Å². The zero-order chi connectivity index (χ0) is 16.4. The standard InChI is InChI=1S/C17H18N2O3S/c1-3-22-16(21)14-11(2)18-17-19(13(20)9-10-23-17)15(14)12-7-5-4-6-8-12/h4-8,15H,3,9-10H2,1-2H3/t15-/m1/s1. The minimum absolute atomic E-state index is 0.00866. The van der Waals surface area contributed by atoms with Crippen molar-refractivity contribution in [2.45, 2.75) is 26.3 Å². The van der Waals surface area contributed by atoms with Crippen molar-refractivity contribution in [3.8, 4) is 0 Å². The Hall–Kier alpha value is -2.08. The van der Waals surface area contributed by atoms with Crippen LogP contribution in [0, 0.1) is 0 Å². The largest absolute Gasteiger partial charge is 0.463 e. The molecule has 1 amide bonds. The van der Waals surface area contributed by atoms with E-state index in [0.717, 1.165) is 11.3 Å². The van der Waals surface area contributed by atoms with E-state index in [4.69, 9.17) is 4.74 Å². The number of carbonyl (C=O) groups is 2. The molecule has 1 saturated heterocycles. The number of hydrogen-bond acceptors (Lipinski definition) is 5. The Labute approximate surface area is 139 Å². The molecule has 6 heteroatoms. The van der Waals surface area contributed by atoms with E-state index in [2.05, 4.69) is 4.99 Å². The van der Waals surface area contributed by atoms with Gasteiger partial charge in [-0.2, -0.15) is 0 Å². The molecule has 1 aromatic carbocycles. The zero-order valence-corrected chi connectivity index (χ0v) is 13.9. The third-order valence-corrected chi connectivity index (χ3v) is 4.77. The van der Waals surface area contributed by atoms with Crippen LogP contribution in [0.4, 0.5) is 0 Å². The summed E-state index contributed by atoms with van der Waals surface area (Å²) in [4.78, 5) is 31.1. The topological polar surface area (TPSA) is 59.0 Å². The Bertz CT molecular complexity index is 697. The first-order valence-electron chi connectivity index (χ1n) is 7.60. The molecule has 0 aliphatic carbocycles. The van der Waals surface area contributed by atoms with Gasteiger partial charge in [-0.1, -0.05) is 42.1 Å². The molecule has 0 bridgehead atoms. The summed E-state index contributed by atoms with van der Waals surface area (Å²) < 4.78 is 5.21. The number of thioether (sulfide) groups is 1. The molecule has 2 aliphatic rings. The fourth-order valence-corrected chi connectivity index (χ4v) is 3.82. The van der Waals surface area contributed by atoms with Crippen LogP contribution in [-0.2, 0) is 14.3 Å². The van der Waals surface area contributed by atoms with Gasteiger partial charge in [0, 0.05) is 12.2 Å². The molecule has 2 aliphatic heterocycles. The maximum atomic E-state index is 12.5. The number of nitrogens with zero attached hydrogens (tertiary/aromatic N) is 2. The van der Waals surface area contributed by atoms with Crippen molar-refractivity contribution in [2.24, 2.45) is 4.99 Å². The average molecular weight is 330 g/mol. The van der Waals surface area contributed by atoms with Gasteiger partial charge in [0.1, 0.15) is 0 Å². The van der Waals surface area contributed by atoms with E-state index in [1.54, 1.807) is 30.5 Å². The maximum Gasteiger partial charge on any atom is 0.338 e. The second-order valence-corrected chi connectivity index (χ2v) is 6.35. The Morgan fingerprint density at radius 2 is 2.13 bits per heavy atom. The third-order valence-electron chi connectivity index (χ3n) is 3.82. The number of hydrogen-bond donors (Lipinski definition) is 0. The highest BCUT2D eigenvalue weighted by Gasteiger charge is 2.41. The first kappa shape index (κ1) is 15.8. The second-order valence-electron chi connectivity index (χ2n) is 5.29. The molecule has 0 N–H and O–H groups in total. The fraction of sp³-hybridized carbons (Fsp3) is 0.353. The van der Waals surface area contributed by atoms with E-state index in [1.165, 1.54) is 0 Å².